The van der Waals surface area contributed by atoms with Gasteiger partial charge in [0.1, 0.15) is 0 Å². The smallest absolute Gasteiger partial charge is 0.0832 e. The number of rotatable bonds is 2. The second kappa shape index (κ2) is 4.02. The van der Waals surface area contributed by atoms with Gasteiger partial charge in [-0.25, -0.2) is 0 Å². The number of aryl methyl sites for hydroxylation is 2. The highest BCUT2D eigenvalue weighted by molar-refractivity contribution is 7.09. The molecule has 66 valence electrons. The Morgan fingerprint density at radius 3 is 2.08 bits per heavy atom. The second-order valence-corrected chi connectivity index (χ2v) is 3.47. The minimum Gasteiger partial charge on any atom is -0.358 e. The summed E-state index contributed by atoms with van der Waals surface area (Å²) in [6.45, 7) is 6.25. The summed E-state index contributed by atoms with van der Waals surface area (Å²) in [6.07, 6.45) is 0.161. The van der Waals surface area contributed by atoms with Crippen molar-refractivity contribution in [2.24, 2.45) is 0 Å². The quantitative estimate of drug-likeness (QED) is 0.638. The molecule has 2 heteroatoms. The molecule has 0 fully saturated rings. The normalized spacial score (nSPS) is 13.0. The van der Waals surface area contributed by atoms with Gasteiger partial charge in [-0.3, -0.25) is 0 Å². The summed E-state index contributed by atoms with van der Waals surface area (Å²) in [5.41, 5.74) is 3.82. The predicted molar refractivity (Wildman–Crippen MR) is 55.1 cm³/mol. The molecule has 0 aromatic heterocycles. The largest absolute Gasteiger partial charge is 0.358 e. The van der Waals surface area contributed by atoms with Crippen LogP contribution >= 0.6 is 9.47 Å². The summed E-state index contributed by atoms with van der Waals surface area (Å²) in [5, 5.41) is 0. The van der Waals surface area contributed by atoms with Gasteiger partial charge in [0, 0.05) is 9.47 Å². The third kappa shape index (κ3) is 2.30. The first kappa shape index (κ1) is 9.70. The topological polar surface area (TPSA) is 9.23 Å². The van der Waals surface area contributed by atoms with Crippen molar-refractivity contribution >= 4 is 9.47 Å². The third-order valence-corrected chi connectivity index (χ3v) is 2.33. The molecule has 0 amide bonds. The lowest BCUT2D eigenvalue weighted by molar-refractivity contribution is 0.270. The zero-order valence-corrected chi connectivity index (χ0v) is 8.95. The van der Waals surface area contributed by atoms with Gasteiger partial charge in [0.15, 0.2) is 0 Å². The predicted octanol–water partition coefficient (Wildman–Crippen LogP) is 3.17. The number of hydrogen-bond donors (Lipinski definition) is 0. The molecule has 0 bridgehead atoms. The monoisotopic (exact) mass is 182 g/mol. The van der Waals surface area contributed by atoms with E-state index in [-0.39, 0.29) is 6.10 Å². The summed E-state index contributed by atoms with van der Waals surface area (Å²) in [4.78, 5) is 0. The van der Waals surface area contributed by atoms with E-state index in [1.807, 2.05) is 6.92 Å². The van der Waals surface area contributed by atoms with Gasteiger partial charge in [0.2, 0.25) is 0 Å². The van der Waals surface area contributed by atoms with Crippen molar-refractivity contribution in [3.8, 4) is 0 Å². The van der Waals surface area contributed by atoms with Crippen molar-refractivity contribution < 1.29 is 4.52 Å². The Morgan fingerprint density at radius 1 is 1.17 bits per heavy atom. The van der Waals surface area contributed by atoms with Crippen LogP contribution in [-0.2, 0) is 4.52 Å². The van der Waals surface area contributed by atoms with Crippen molar-refractivity contribution in [3.05, 3.63) is 34.9 Å². The molecule has 0 aliphatic heterocycles. The Hall–Kier alpha value is -0.390. The van der Waals surface area contributed by atoms with Crippen LogP contribution in [0.1, 0.15) is 29.7 Å². The average molecular weight is 182 g/mol. The highest BCUT2D eigenvalue weighted by Crippen LogP contribution is 2.21. The molecule has 0 N–H and O–H groups in total. The number of hydrogen-bond acceptors (Lipinski definition) is 1. The van der Waals surface area contributed by atoms with Gasteiger partial charge in [-0.15, -0.1) is 0 Å². The van der Waals surface area contributed by atoms with Crippen LogP contribution in [-0.4, -0.2) is 0 Å². The summed E-state index contributed by atoms with van der Waals surface area (Å²) in [6, 6.07) is 6.47. The van der Waals surface area contributed by atoms with Crippen molar-refractivity contribution in [1.82, 2.24) is 0 Å². The lowest BCUT2D eigenvalue weighted by Gasteiger charge is -2.11. The van der Waals surface area contributed by atoms with Gasteiger partial charge in [0.05, 0.1) is 6.10 Å². The van der Waals surface area contributed by atoms with Crippen molar-refractivity contribution in [2.75, 3.05) is 0 Å². The van der Waals surface area contributed by atoms with E-state index in [0.717, 1.165) is 0 Å². The maximum atomic E-state index is 5.16. The summed E-state index contributed by atoms with van der Waals surface area (Å²) in [7, 11) is 2.30. The standard InChI is InChI=1S/C10H15OP/c1-7-4-8(2)6-10(5-7)9(3)11-12/h4-6,9H,12H2,1-3H3. The van der Waals surface area contributed by atoms with Crippen LogP contribution in [0.25, 0.3) is 0 Å². The molecule has 1 rings (SSSR count). The first-order chi connectivity index (χ1) is 5.63. The molecule has 2 unspecified atom stereocenters. The molecular weight excluding hydrogens is 167 g/mol. The molecule has 1 aromatic rings. The highest BCUT2D eigenvalue weighted by atomic mass is 31.0. The van der Waals surface area contributed by atoms with Gasteiger partial charge >= 0.3 is 0 Å². The molecule has 0 aliphatic rings. The molecular formula is C10H15OP. The van der Waals surface area contributed by atoms with Crippen LogP contribution in [0, 0.1) is 13.8 Å². The van der Waals surface area contributed by atoms with Crippen molar-refractivity contribution in [3.63, 3.8) is 0 Å². The van der Waals surface area contributed by atoms with E-state index in [9.17, 15) is 0 Å². The maximum absolute atomic E-state index is 5.16. The van der Waals surface area contributed by atoms with Crippen LogP contribution in [0.15, 0.2) is 18.2 Å². The summed E-state index contributed by atoms with van der Waals surface area (Å²) in [5.74, 6) is 0. The fourth-order valence-corrected chi connectivity index (χ4v) is 1.48. The lowest BCUT2D eigenvalue weighted by atomic mass is 10.0. The Kier molecular flexibility index (Phi) is 3.25. The van der Waals surface area contributed by atoms with Gasteiger partial charge in [0.25, 0.3) is 0 Å². The molecule has 2 atom stereocenters. The van der Waals surface area contributed by atoms with Crippen LogP contribution in [0.2, 0.25) is 0 Å². The SMILES string of the molecule is Cc1cc(C)cc(C(C)OP)c1. The molecule has 0 saturated carbocycles. The van der Waals surface area contributed by atoms with E-state index in [1.54, 1.807) is 0 Å². The Morgan fingerprint density at radius 2 is 1.67 bits per heavy atom. The van der Waals surface area contributed by atoms with E-state index in [1.165, 1.54) is 16.7 Å². The fraction of sp³-hybridized carbons (Fsp3) is 0.400. The molecule has 0 saturated heterocycles. The van der Waals surface area contributed by atoms with Gasteiger partial charge in [-0.2, -0.15) is 0 Å². The van der Waals surface area contributed by atoms with Crippen LogP contribution in [0.3, 0.4) is 0 Å². The molecule has 12 heavy (non-hydrogen) atoms. The van der Waals surface area contributed by atoms with Gasteiger partial charge < -0.3 is 4.52 Å². The van der Waals surface area contributed by atoms with Crippen LogP contribution in [0.4, 0.5) is 0 Å². The van der Waals surface area contributed by atoms with E-state index in [2.05, 4.69) is 41.5 Å². The zero-order valence-electron chi connectivity index (χ0n) is 7.79. The van der Waals surface area contributed by atoms with E-state index >= 15 is 0 Å². The first-order valence-electron chi connectivity index (χ1n) is 4.07. The van der Waals surface area contributed by atoms with E-state index < -0.39 is 0 Å². The number of benzene rings is 1. The van der Waals surface area contributed by atoms with Gasteiger partial charge in [-0.1, -0.05) is 29.3 Å². The molecule has 1 aromatic carbocycles. The van der Waals surface area contributed by atoms with E-state index in [4.69, 9.17) is 4.52 Å². The molecule has 0 aliphatic carbocycles. The highest BCUT2D eigenvalue weighted by Gasteiger charge is 2.03. The zero-order chi connectivity index (χ0) is 9.14. The summed E-state index contributed by atoms with van der Waals surface area (Å²) >= 11 is 0. The van der Waals surface area contributed by atoms with Gasteiger partial charge in [-0.05, 0) is 26.3 Å². The lowest BCUT2D eigenvalue weighted by Crippen LogP contribution is -1.93. The Labute approximate surface area is 76.4 Å². The van der Waals surface area contributed by atoms with Crippen LogP contribution < -0.4 is 0 Å². The minimum absolute atomic E-state index is 0.161. The molecule has 0 spiro atoms. The maximum Gasteiger partial charge on any atom is 0.0832 e. The fourth-order valence-electron chi connectivity index (χ4n) is 1.32. The van der Waals surface area contributed by atoms with E-state index in [0.29, 0.717) is 0 Å². The molecule has 0 radical (unpaired) electrons. The third-order valence-electron chi connectivity index (χ3n) is 1.92. The Bertz CT molecular complexity index is 250. The summed E-state index contributed by atoms with van der Waals surface area (Å²) < 4.78 is 5.16. The van der Waals surface area contributed by atoms with Crippen molar-refractivity contribution in [1.29, 1.82) is 0 Å². The Balaban J connectivity index is 3.00. The average Bonchev–Trinajstić information content (AvgIpc) is 2.01. The van der Waals surface area contributed by atoms with Crippen molar-refractivity contribution in [2.45, 2.75) is 26.9 Å². The minimum atomic E-state index is 0.161. The first-order valence-corrected chi connectivity index (χ1v) is 4.54. The van der Waals surface area contributed by atoms with Crippen LogP contribution in [0.5, 0.6) is 0 Å². The molecule has 1 nitrogen and oxygen atoms in total. The second-order valence-electron chi connectivity index (χ2n) is 3.20. The molecule has 0 heterocycles.